The molecule has 5 heteroatoms. The van der Waals surface area contributed by atoms with Gasteiger partial charge >= 0.3 is 0 Å². The minimum absolute atomic E-state index is 0.0432. The van der Waals surface area contributed by atoms with E-state index < -0.39 is 6.23 Å². The van der Waals surface area contributed by atoms with E-state index in [1.165, 1.54) is 12.2 Å². The summed E-state index contributed by atoms with van der Waals surface area (Å²) in [5.41, 5.74) is 0. The van der Waals surface area contributed by atoms with E-state index in [2.05, 4.69) is 18.5 Å². The predicted molar refractivity (Wildman–Crippen MR) is 70.3 cm³/mol. The Balaban J connectivity index is 3.09. The lowest BCUT2D eigenvalue weighted by molar-refractivity contribution is -0.114. The van der Waals surface area contributed by atoms with Gasteiger partial charge in [0.15, 0.2) is 5.78 Å². The van der Waals surface area contributed by atoms with Gasteiger partial charge in [-0.2, -0.15) is 0 Å². The van der Waals surface area contributed by atoms with E-state index in [9.17, 15) is 4.79 Å². The fourth-order valence-electron chi connectivity index (χ4n) is 1.13. The van der Waals surface area contributed by atoms with Crippen molar-refractivity contribution in [2.75, 3.05) is 33.0 Å². The van der Waals surface area contributed by atoms with Gasteiger partial charge in [0.1, 0.15) is 6.23 Å². The number of carbonyl (C=O) groups excluding carboxylic acids is 1. The van der Waals surface area contributed by atoms with Gasteiger partial charge in [0, 0.05) is 19.6 Å². The molecule has 2 N–H and O–H groups in total. The zero-order valence-corrected chi connectivity index (χ0v) is 10.8. The van der Waals surface area contributed by atoms with Gasteiger partial charge in [-0.1, -0.05) is 13.2 Å². The Morgan fingerprint density at radius 3 is 2.50 bits per heavy atom. The molecule has 0 amide bonds. The molecule has 0 radical (unpaired) electrons. The Morgan fingerprint density at radius 2 is 1.89 bits per heavy atom. The summed E-state index contributed by atoms with van der Waals surface area (Å²) in [5.74, 6) is 0.0432. The molecule has 0 spiro atoms. The molecule has 104 valence electrons. The molecule has 0 saturated carbocycles. The maximum atomic E-state index is 10.9. The first-order valence-electron chi connectivity index (χ1n) is 6.05. The van der Waals surface area contributed by atoms with E-state index in [1.807, 2.05) is 0 Å². The van der Waals surface area contributed by atoms with Crippen LogP contribution in [0.5, 0.6) is 0 Å². The van der Waals surface area contributed by atoms with E-state index in [-0.39, 0.29) is 5.78 Å². The molecule has 1 atom stereocenters. The molecule has 0 aliphatic carbocycles. The molecule has 18 heavy (non-hydrogen) atoms. The molecule has 0 aliphatic rings. The van der Waals surface area contributed by atoms with Crippen molar-refractivity contribution in [3.05, 3.63) is 25.3 Å². The molecule has 5 nitrogen and oxygen atoms in total. The average molecular weight is 257 g/mol. The van der Waals surface area contributed by atoms with E-state index in [0.29, 0.717) is 45.8 Å². The van der Waals surface area contributed by atoms with Crippen molar-refractivity contribution < 1.29 is 19.4 Å². The lowest BCUT2D eigenvalue weighted by Crippen LogP contribution is -2.30. The van der Waals surface area contributed by atoms with Crippen molar-refractivity contribution in [2.45, 2.75) is 19.1 Å². The first-order chi connectivity index (χ1) is 8.70. The standard InChI is InChI=1S/C13H23NO4/c1-3-12(15)6-5-8-17-10-11-18-9-7-14-13(16)4-2/h3-4,13-14,16H,1-2,5-11H2. The Labute approximate surface area is 108 Å². The van der Waals surface area contributed by atoms with Gasteiger partial charge in [-0.3, -0.25) is 10.1 Å². The highest BCUT2D eigenvalue weighted by atomic mass is 16.5. The summed E-state index contributed by atoms with van der Waals surface area (Å²) in [6.45, 7) is 9.45. The summed E-state index contributed by atoms with van der Waals surface area (Å²) in [7, 11) is 0. The number of ketones is 1. The molecule has 0 rings (SSSR count). The molecule has 0 bridgehead atoms. The summed E-state index contributed by atoms with van der Waals surface area (Å²) in [6, 6.07) is 0. The lowest BCUT2D eigenvalue weighted by Gasteiger charge is -2.08. The first kappa shape index (κ1) is 17.0. The van der Waals surface area contributed by atoms with E-state index in [1.54, 1.807) is 0 Å². The maximum absolute atomic E-state index is 10.9. The average Bonchev–Trinajstić information content (AvgIpc) is 2.40. The number of allylic oxidation sites excluding steroid dienone is 1. The van der Waals surface area contributed by atoms with Crippen molar-refractivity contribution in [1.82, 2.24) is 5.32 Å². The molecular formula is C13H23NO4. The van der Waals surface area contributed by atoms with Crippen LogP contribution in [-0.2, 0) is 14.3 Å². The molecule has 0 aromatic rings. The molecule has 1 unspecified atom stereocenters. The quantitative estimate of drug-likeness (QED) is 0.219. The van der Waals surface area contributed by atoms with Crippen LogP contribution in [0.25, 0.3) is 0 Å². The second-order valence-electron chi connectivity index (χ2n) is 3.63. The minimum atomic E-state index is -0.688. The summed E-state index contributed by atoms with van der Waals surface area (Å²) in [6.07, 6.45) is 3.24. The Kier molecular flexibility index (Phi) is 11.7. The molecule has 0 aromatic heterocycles. The van der Waals surface area contributed by atoms with Gasteiger partial charge in [0.25, 0.3) is 0 Å². The van der Waals surface area contributed by atoms with Gasteiger partial charge in [-0.25, -0.2) is 0 Å². The molecule has 0 aromatic carbocycles. The van der Waals surface area contributed by atoms with Crippen LogP contribution in [0.15, 0.2) is 25.3 Å². The van der Waals surface area contributed by atoms with Gasteiger partial charge in [-0.05, 0) is 18.6 Å². The van der Waals surface area contributed by atoms with Crippen molar-refractivity contribution in [3.63, 3.8) is 0 Å². The molecule has 0 fully saturated rings. The zero-order chi connectivity index (χ0) is 13.6. The highest BCUT2D eigenvalue weighted by Crippen LogP contribution is 1.92. The topological polar surface area (TPSA) is 67.8 Å². The van der Waals surface area contributed by atoms with Crippen LogP contribution in [-0.4, -0.2) is 50.1 Å². The van der Waals surface area contributed by atoms with Crippen LogP contribution in [0, 0.1) is 0 Å². The van der Waals surface area contributed by atoms with Crippen LogP contribution < -0.4 is 5.32 Å². The third-order valence-electron chi connectivity index (χ3n) is 2.13. The number of hydrogen-bond donors (Lipinski definition) is 2. The van der Waals surface area contributed by atoms with Crippen LogP contribution in [0.3, 0.4) is 0 Å². The summed E-state index contributed by atoms with van der Waals surface area (Å²) >= 11 is 0. The number of nitrogens with one attached hydrogen (secondary N) is 1. The maximum Gasteiger partial charge on any atom is 0.155 e. The summed E-state index contributed by atoms with van der Waals surface area (Å²) in [4.78, 5) is 10.9. The Bertz CT molecular complexity index is 243. The monoisotopic (exact) mass is 257 g/mol. The SMILES string of the molecule is C=CC(=O)CCCOCCOCCNC(O)C=C. The fourth-order valence-corrected chi connectivity index (χ4v) is 1.13. The third kappa shape index (κ3) is 11.5. The van der Waals surface area contributed by atoms with Gasteiger partial charge in [0.05, 0.1) is 19.8 Å². The Morgan fingerprint density at radius 1 is 1.22 bits per heavy atom. The number of hydrogen-bond acceptors (Lipinski definition) is 5. The molecular weight excluding hydrogens is 234 g/mol. The summed E-state index contributed by atoms with van der Waals surface area (Å²) in [5, 5.41) is 11.9. The van der Waals surface area contributed by atoms with Gasteiger partial charge in [0.2, 0.25) is 0 Å². The van der Waals surface area contributed by atoms with Crippen molar-refractivity contribution in [3.8, 4) is 0 Å². The normalized spacial score (nSPS) is 12.1. The van der Waals surface area contributed by atoms with Crippen LogP contribution in [0.4, 0.5) is 0 Å². The van der Waals surface area contributed by atoms with E-state index in [0.717, 1.165) is 0 Å². The number of aliphatic hydroxyl groups is 1. The highest BCUT2D eigenvalue weighted by Gasteiger charge is 1.97. The summed E-state index contributed by atoms with van der Waals surface area (Å²) < 4.78 is 10.5. The smallest absolute Gasteiger partial charge is 0.155 e. The van der Waals surface area contributed by atoms with Crippen molar-refractivity contribution >= 4 is 5.78 Å². The van der Waals surface area contributed by atoms with Crippen LogP contribution in [0.1, 0.15) is 12.8 Å². The Hall–Kier alpha value is -1.01. The third-order valence-corrected chi connectivity index (χ3v) is 2.13. The van der Waals surface area contributed by atoms with Gasteiger partial charge in [-0.15, -0.1) is 0 Å². The molecule has 0 aliphatic heterocycles. The number of rotatable bonds is 13. The van der Waals surface area contributed by atoms with E-state index >= 15 is 0 Å². The second kappa shape index (κ2) is 12.4. The molecule has 0 heterocycles. The van der Waals surface area contributed by atoms with Crippen molar-refractivity contribution in [1.29, 1.82) is 0 Å². The van der Waals surface area contributed by atoms with Gasteiger partial charge < -0.3 is 14.6 Å². The molecule has 0 saturated heterocycles. The lowest BCUT2D eigenvalue weighted by atomic mass is 10.2. The second-order valence-corrected chi connectivity index (χ2v) is 3.63. The number of ether oxygens (including phenoxy) is 2. The zero-order valence-electron chi connectivity index (χ0n) is 10.8. The number of carbonyl (C=O) groups is 1. The fraction of sp³-hybridized carbons (Fsp3) is 0.615. The van der Waals surface area contributed by atoms with Crippen molar-refractivity contribution in [2.24, 2.45) is 0 Å². The predicted octanol–water partition coefficient (Wildman–Crippen LogP) is 0.649. The highest BCUT2D eigenvalue weighted by molar-refractivity contribution is 5.88. The largest absolute Gasteiger partial charge is 0.379 e. The minimum Gasteiger partial charge on any atom is -0.379 e. The van der Waals surface area contributed by atoms with Crippen LogP contribution >= 0.6 is 0 Å². The van der Waals surface area contributed by atoms with Crippen LogP contribution in [0.2, 0.25) is 0 Å². The first-order valence-corrected chi connectivity index (χ1v) is 6.05. The van der Waals surface area contributed by atoms with E-state index in [4.69, 9.17) is 14.6 Å². The number of aliphatic hydroxyl groups excluding tert-OH is 1.